The van der Waals surface area contributed by atoms with Gasteiger partial charge in [-0.25, -0.2) is 0 Å². The average molecular weight is 524 g/mol. The van der Waals surface area contributed by atoms with E-state index in [0.717, 1.165) is 22.6 Å². The fourth-order valence-corrected chi connectivity index (χ4v) is 5.60. The number of allylic oxidation sites excluding steroid dienone is 1. The van der Waals surface area contributed by atoms with E-state index in [2.05, 4.69) is 24.5 Å². The molecule has 36 heavy (non-hydrogen) atoms. The summed E-state index contributed by atoms with van der Waals surface area (Å²) >= 11 is 13.0. The molecule has 0 saturated carbocycles. The van der Waals surface area contributed by atoms with E-state index in [9.17, 15) is 9.59 Å². The molecule has 0 radical (unpaired) electrons. The molecule has 186 valence electrons. The first-order valence-corrected chi connectivity index (χ1v) is 12.6. The van der Waals surface area contributed by atoms with Crippen LogP contribution in [0.1, 0.15) is 44.1 Å². The maximum absolute atomic E-state index is 13.7. The summed E-state index contributed by atoms with van der Waals surface area (Å²) in [7, 11) is 0. The zero-order valence-corrected chi connectivity index (χ0v) is 21.6. The van der Waals surface area contributed by atoms with Crippen LogP contribution in [-0.2, 0) is 16.1 Å². The van der Waals surface area contributed by atoms with E-state index in [1.807, 2.05) is 35.2 Å². The summed E-state index contributed by atoms with van der Waals surface area (Å²) in [4.78, 5) is 28.9. The summed E-state index contributed by atoms with van der Waals surface area (Å²) in [6.07, 6.45) is 2.67. The fourth-order valence-electron chi connectivity index (χ4n) is 5.08. The first kappa shape index (κ1) is 24.5. The summed E-state index contributed by atoms with van der Waals surface area (Å²) < 4.78 is 5.35. The van der Waals surface area contributed by atoms with Crippen LogP contribution in [0.25, 0.3) is 0 Å². The molecule has 6 nitrogen and oxygen atoms in total. The number of fused-ring (bicyclic) bond motifs is 1. The van der Waals surface area contributed by atoms with E-state index < -0.39 is 6.04 Å². The quantitative estimate of drug-likeness (QED) is 0.398. The van der Waals surface area contributed by atoms with Crippen molar-refractivity contribution in [1.82, 2.24) is 5.32 Å². The second-order valence-electron chi connectivity index (χ2n) is 10.0. The molecule has 5 rings (SSSR count). The molecule has 0 spiro atoms. The number of anilines is 2. The number of amides is 1. The molecule has 1 aromatic heterocycles. The van der Waals surface area contributed by atoms with Crippen LogP contribution >= 0.6 is 23.2 Å². The van der Waals surface area contributed by atoms with E-state index >= 15 is 0 Å². The molecule has 8 heteroatoms. The van der Waals surface area contributed by atoms with E-state index in [1.54, 1.807) is 30.5 Å². The predicted octanol–water partition coefficient (Wildman–Crippen LogP) is 6.52. The van der Waals surface area contributed by atoms with Gasteiger partial charge >= 0.3 is 0 Å². The largest absolute Gasteiger partial charge is 0.467 e. The summed E-state index contributed by atoms with van der Waals surface area (Å²) in [6.45, 7) is 4.47. The monoisotopic (exact) mass is 523 g/mol. The van der Waals surface area contributed by atoms with Crippen LogP contribution in [0.15, 0.2) is 76.5 Å². The highest BCUT2D eigenvalue weighted by molar-refractivity contribution is 6.35. The predicted molar refractivity (Wildman–Crippen MR) is 142 cm³/mol. The Hall–Kier alpha value is -3.22. The standard InChI is InChI=1S/C28H27Cl2N3O3/c1-28(2)13-22-26(24(34)14-28)27(19-10-9-17(29)12-20(19)30)33(23-8-4-3-7-21(23)32-22)16-25(35)31-15-18-6-5-11-36-18/h3-12,27,32H,13-16H2,1-2H3,(H,31,35). The Morgan fingerprint density at radius 3 is 2.69 bits per heavy atom. The zero-order valence-electron chi connectivity index (χ0n) is 20.1. The summed E-state index contributed by atoms with van der Waals surface area (Å²) in [5.74, 6) is 0.496. The average Bonchev–Trinajstić information content (AvgIpc) is 3.29. The van der Waals surface area contributed by atoms with Gasteiger partial charge in [-0.2, -0.15) is 0 Å². The second-order valence-corrected chi connectivity index (χ2v) is 10.9. The van der Waals surface area contributed by atoms with Gasteiger partial charge in [0, 0.05) is 27.7 Å². The van der Waals surface area contributed by atoms with Gasteiger partial charge in [-0.1, -0.05) is 55.2 Å². The van der Waals surface area contributed by atoms with E-state index in [0.29, 0.717) is 34.2 Å². The third-order valence-electron chi connectivity index (χ3n) is 6.62. The zero-order chi connectivity index (χ0) is 25.4. The van der Waals surface area contributed by atoms with Crippen molar-refractivity contribution >= 4 is 46.3 Å². The third kappa shape index (κ3) is 4.88. The maximum atomic E-state index is 13.7. The molecule has 1 atom stereocenters. The Bertz CT molecular complexity index is 1350. The van der Waals surface area contributed by atoms with Crippen LogP contribution in [0.2, 0.25) is 10.0 Å². The lowest BCUT2D eigenvalue weighted by Gasteiger charge is -2.38. The number of Topliss-reactive ketones (excluding diaryl/α,β-unsaturated/α-hetero) is 1. The van der Waals surface area contributed by atoms with Crippen LogP contribution in [0.5, 0.6) is 0 Å². The van der Waals surface area contributed by atoms with Gasteiger partial charge in [0.2, 0.25) is 5.91 Å². The molecule has 1 unspecified atom stereocenters. The summed E-state index contributed by atoms with van der Waals surface area (Å²) in [6, 6.07) is 16.1. The van der Waals surface area contributed by atoms with Crippen molar-refractivity contribution in [1.29, 1.82) is 0 Å². The number of nitrogens with zero attached hydrogens (tertiary/aromatic N) is 1. The van der Waals surface area contributed by atoms with Crippen LogP contribution in [0.3, 0.4) is 0 Å². The molecule has 1 aliphatic heterocycles. The number of hydrogen-bond donors (Lipinski definition) is 2. The molecular weight excluding hydrogens is 497 g/mol. The second kappa shape index (κ2) is 9.68. The SMILES string of the molecule is CC1(C)CC(=O)C2=C(C1)Nc1ccccc1N(CC(=O)NCc1ccco1)C2c1ccc(Cl)cc1Cl. The Morgan fingerprint density at radius 1 is 1.14 bits per heavy atom. The molecule has 1 amide bonds. The molecule has 2 heterocycles. The molecule has 0 saturated heterocycles. The number of ketones is 1. The summed E-state index contributed by atoms with van der Waals surface area (Å²) in [5.41, 5.74) is 3.66. The molecule has 3 aromatic rings. The van der Waals surface area contributed by atoms with E-state index in [4.69, 9.17) is 27.6 Å². The molecule has 1 aliphatic carbocycles. The van der Waals surface area contributed by atoms with Crippen LogP contribution in [-0.4, -0.2) is 18.2 Å². The Kier molecular flexibility index (Phi) is 6.58. The number of hydrogen-bond acceptors (Lipinski definition) is 5. The molecule has 2 aromatic carbocycles. The number of carbonyl (C=O) groups is 2. The summed E-state index contributed by atoms with van der Waals surface area (Å²) in [5, 5.41) is 7.41. The number of benzene rings is 2. The van der Waals surface area contributed by atoms with Crippen molar-refractivity contribution in [2.45, 2.75) is 39.3 Å². The van der Waals surface area contributed by atoms with Gasteiger partial charge in [0.05, 0.1) is 36.8 Å². The van der Waals surface area contributed by atoms with Crippen molar-refractivity contribution in [3.63, 3.8) is 0 Å². The number of nitrogens with one attached hydrogen (secondary N) is 2. The maximum Gasteiger partial charge on any atom is 0.239 e. The van der Waals surface area contributed by atoms with Gasteiger partial charge < -0.3 is 20.0 Å². The van der Waals surface area contributed by atoms with Crippen LogP contribution in [0.4, 0.5) is 11.4 Å². The highest BCUT2D eigenvalue weighted by atomic mass is 35.5. The lowest BCUT2D eigenvalue weighted by molar-refractivity contribution is -0.121. The number of halogens is 2. The molecule has 0 fully saturated rings. The van der Waals surface area contributed by atoms with Gasteiger partial charge in [-0.05, 0) is 53.8 Å². The molecule has 2 aliphatic rings. The smallest absolute Gasteiger partial charge is 0.239 e. The van der Waals surface area contributed by atoms with Gasteiger partial charge in [-0.3, -0.25) is 9.59 Å². The van der Waals surface area contributed by atoms with Gasteiger partial charge in [0.1, 0.15) is 5.76 Å². The van der Waals surface area contributed by atoms with Crippen molar-refractivity contribution in [3.05, 3.63) is 93.5 Å². The Morgan fingerprint density at radius 2 is 1.94 bits per heavy atom. The van der Waals surface area contributed by atoms with E-state index in [-0.39, 0.29) is 30.2 Å². The van der Waals surface area contributed by atoms with Gasteiger partial charge in [-0.15, -0.1) is 0 Å². The number of carbonyl (C=O) groups excluding carboxylic acids is 2. The van der Waals surface area contributed by atoms with Crippen molar-refractivity contribution in [2.24, 2.45) is 5.41 Å². The van der Waals surface area contributed by atoms with Crippen LogP contribution in [0, 0.1) is 5.41 Å². The lowest BCUT2D eigenvalue weighted by Crippen LogP contribution is -2.42. The Balaban J connectivity index is 1.63. The molecule has 2 N–H and O–H groups in total. The first-order valence-electron chi connectivity index (χ1n) is 11.8. The van der Waals surface area contributed by atoms with Gasteiger partial charge in [0.25, 0.3) is 0 Å². The highest BCUT2D eigenvalue weighted by Gasteiger charge is 2.42. The fraction of sp³-hybridized carbons (Fsp3) is 0.286. The lowest BCUT2D eigenvalue weighted by atomic mass is 9.73. The molecular formula is C28H27Cl2N3O3. The number of rotatable bonds is 5. The normalized spacial score (nSPS) is 18.7. The Labute approximate surface area is 220 Å². The number of furan rings is 1. The minimum atomic E-state index is -0.570. The van der Waals surface area contributed by atoms with Crippen molar-refractivity contribution in [2.75, 3.05) is 16.8 Å². The van der Waals surface area contributed by atoms with E-state index in [1.165, 1.54) is 0 Å². The minimum absolute atomic E-state index is 0.0104. The van der Waals surface area contributed by atoms with Crippen molar-refractivity contribution in [3.8, 4) is 0 Å². The first-order chi connectivity index (χ1) is 17.2. The number of para-hydroxylation sites is 2. The topological polar surface area (TPSA) is 74.6 Å². The highest BCUT2D eigenvalue weighted by Crippen LogP contribution is 2.49. The minimum Gasteiger partial charge on any atom is -0.467 e. The van der Waals surface area contributed by atoms with Crippen molar-refractivity contribution < 1.29 is 14.0 Å². The molecule has 0 bridgehead atoms. The van der Waals surface area contributed by atoms with Crippen LogP contribution < -0.4 is 15.5 Å². The third-order valence-corrected chi connectivity index (χ3v) is 7.18. The van der Waals surface area contributed by atoms with Gasteiger partial charge in [0.15, 0.2) is 5.78 Å².